The zero-order chi connectivity index (χ0) is 10.7. The van der Waals surface area contributed by atoms with E-state index < -0.39 is 0 Å². The van der Waals surface area contributed by atoms with Gasteiger partial charge in [0.1, 0.15) is 0 Å². The number of halogens is 1. The summed E-state index contributed by atoms with van der Waals surface area (Å²) < 4.78 is 1.21. The zero-order valence-electron chi connectivity index (χ0n) is 9.09. The largest absolute Gasteiger partial charge is 0.370 e. The molecule has 1 saturated heterocycles. The van der Waals surface area contributed by atoms with Crippen LogP contribution in [0.15, 0.2) is 22.7 Å². The number of nitrogens with zero attached hydrogens (tertiary/aromatic N) is 1. The van der Waals surface area contributed by atoms with Crippen LogP contribution >= 0.6 is 15.9 Å². The molecule has 0 atom stereocenters. The standard InChI is InChI=1S/C12H17BrN2/c1-10-3-4-11(9-12(10)13)15-7-2-5-14-6-8-15/h3-4,9,14H,2,5-8H2,1H3. The molecule has 15 heavy (non-hydrogen) atoms. The molecule has 82 valence electrons. The topological polar surface area (TPSA) is 15.3 Å². The number of aryl methyl sites for hydroxylation is 1. The van der Waals surface area contributed by atoms with Crippen molar-refractivity contribution >= 4 is 21.6 Å². The Morgan fingerprint density at radius 3 is 2.93 bits per heavy atom. The lowest BCUT2D eigenvalue weighted by molar-refractivity contribution is 0.724. The van der Waals surface area contributed by atoms with Gasteiger partial charge in [-0.25, -0.2) is 0 Å². The second-order valence-electron chi connectivity index (χ2n) is 4.02. The van der Waals surface area contributed by atoms with Gasteiger partial charge >= 0.3 is 0 Å². The van der Waals surface area contributed by atoms with E-state index in [1.807, 2.05) is 0 Å². The maximum absolute atomic E-state index is 3.59. The molecule has 2 nitrogen and oxygen atoms in total. The third-order valence-corrected chi connectivity index (χ3v) is 3.71. The Balaban J connectivity index is 2.16. The lowest BCUT2D eigenvalue weighted by Crippen LogP contribution is -2.27. The van der Waals surface area contributed by atoms with Crippen molar-refractivity contribution in [2.45, 2.75) is 13.3 Å². The second-order valence-corrected chi connectivity index (χ2v) is 4.88. The molecule has 3 heteroatoms. The first-order chi connectivity index (χ1) is 7.27. The second kappa shape index (κ2) is 4.99. The average Bonchev–Trinajstić information content (AvgIpc) is 2.50. The summed E-state index contributed by atoms with van der Waals surface area (Å²) in [6, 6.07) is 6.61. The van der Waals surface area contributed by atoms with Gasteiger partial charge in [0.15, 0.2) is 0 Å². The van der Waals surface area contributed by atoms with Gasteiger partial charge in [-0.3, -0.25) is 0 Å². The minimum atomic E-state index is 1.09. The summed E-state index contributed by atoms with van der Waals surface area (Å²) in [5, 5.41) is 3.42. The fourth-order valence-electron chi connectivity index (χ4n) is 1.88. The maximum atomic E-state index is 3.59. The third kappa shape index (κ3) is 2.73. The van der Waals surface area contributed by atoms with Gasteiger partial charge in [0, 0.05) is 29.8 Å². The van der Waals surface area contributed by atoms with E-state index in [2.05, 4.69) is 51.3 Å². The van der Waals surface area contributed by atoms with E-state index in [4.69, 9.17) is 0 Å². The van der Waals surface area contributed by atoms with Crippen LogP contribution in [0.1, 0.15) is 12.0 Å². The minimum absolute atomic E-state index is 1.09. The van der Waals surface area contributed by atoms with Crippen molar-refractivity contribution < 1.29 is 0 Å². The Morgan fingerprint density at radius 2 is 2.13 bits per heavy atom. The van der Waals surface area contributed by atoms with Crippen LogP contribution in [0.2, 0.25) is 0 Å². The van der Waals surface area contributed by atoms with Crippen LogP contribution in [0, 0.1) is 6.92 Å². The fraction of sp³-hybridized carbons (Fsp3) is 0.500. The van der Waals surface area contributed by atoms with Gasteiger partial charge in [-0.2, -0.15) is 0 Å². The SMILES string of the molecule is Cc1ccc(N2CCCNCC2)cc1Br. The van der Waals surface area contributed by atoms with Crippen molar-refractivity contribution in [3.8, 4) is 0 Å². The normalized spacial score (nSPS) is 17.6. The number of benzene rings is 1. The van der Waals surface area contributed by atoms with Crippen molar-refractivity contribution in [3.63, 3.8) is 0 Å². The Labute approximate surface area is 99.8 Å². The van der Waals surface area contributed by atoms with Crippen LogP contribution in [-0.4, -0.2) is 26.2 Å². The smallest absolute Gasteiger partial charge is 0.0378 e. The van der Waals surface area contributed by atoms with E-state index in [-0.39, 0.29) is 0 Å². The van der Waals surface area contributed by atoms with Gasteiger partial charge < -0.3 is 10.2 Å². The zero-order valence-corrected chi connectivity index (χ0v) is 10.7. The number of anilines is 1. The van der Waals surface area contributed by atoms with Crippen LogP contribution in [-0.2, 0) is 0 Å². The fourth-order valence-corrected chi connectivity index (χ4v) is 2.25. The summed E-state index contributed by atoms with van der Waals surface area (Å²) in [7, 11) is 0. The van der Waals surface area contributed by atoms with Gasteiger partial charge in [-0.1, -0.05) is 22.0 Å². The molecule has 0 radical (unpaired) electrons. The number of rotatable bonds is 1. The van der Waals surface area contributed by atoms with E-state index in [9.17, 15) is 0 Å². The molecule has 1 fully saturated rings. The summed E-state index contributed by atoms with van der Waals surface area (Å²) in [6.45, 7) is 6.62. The molecule has 0 saturated carbocycles. The van der Waals surface area contributed by atoms with Crippen LogP contribution in [0.25, 0.3) is 0 Å². The van der Waals surface area contributed by atoms with Crippen LogP contribution < -0.4 is 10.2 Å². The molecule has 1 aliphatic heterocycles. The molecule has 1 heterocycles. The highest BCUT2D eigenvalue weighted by atomic mass is 79.9. The first kappa shape index (κ1) is 11.0. The predicted octanol–water partition coefficient (Wildman–Crippen LogP) is 2.56. The van der Waals surface area contributed by atoms with E-state index in [0.717, 1.165) is 26.2 Å². The number of nitrogens with one attached hydrogen (secondary N) is 1. The van der Waals surface area contributed by atoms with Gasteiger partial charge in [0.2, 0.25) is 0 Å². The Morgan fingerprint density at radius 1 is 1.27 bits per heavy atom. The molecular weight excluding hydrogens is 252 g/mol. The molecular formula is C12H17BrN2. The summed E-state index contributed by atoms with van der Waals surface area (Å²) >= 11 is 3.59. The molecule has 1 aromatic carbocycles. The summed E-state index contributed by atoms with van der Waals surface area (Å²) in [5.41, 5.74) is 2.63. The van der Waals surface area contributed by atoms with Crippen LogP contribution in [0.5, 0.6) is 0 Å². The molecule has 0 aromatic heterocycles. The highest BCUT2D eigenvalue weighted by Gasteiger charge is 2.09. The van der Waals surface area contributed by atoms with Gasteiger partial charge in [-0.05, 0) is 37.6 Å². The van der Waals surface area contributed by atoms with Crippen LogP contribution in [0.4, 0.5) is 5.69 Å². The van der Waals surface area contributed by atoms with Gasteiger partial charge in [0.05, 0.1) is 0 Å². The Kier molecular flexibility index (Phi) is 3.65. The monoisotopic (exact) mass is 268 g/mol. The van der Waals surface area contributed by atoms with Crippen molar-refractivity contribution in [2.24, 2.45) is 0 Å². The minimum Gasteiger partial charge on any atom is -0.370 e. The highest BCUT2D eigenvalue weighted by Crippen LogP contribution is 2.23. The quantitative estimate of drug-likeness (QED) is 0.843. The van der Waals surface area contributed by atoms with E-state index in [1.54, 1.807) is 0 Å². The lowest BCUT2D eigenvalue weighted by Gasteiger charge is -2.22. The molecule has 2 rings (SSSR count). The van der Waals surface area contributed by atoms with Crippen LogP contribution in [0.3, 0.4) is 0 Å². The summed E-state index contributed by atoms with van der Waals surface area (Å²) in [6.07, 6.45) is 1.23. The van der Waals surface area contributed by atoms with Crippen molar-refractivity contribution in [1.29, 1.82) is 0 Å². The molecule has 1 N–H and O–H groups in total. The van der Waals surface area contributed by atoms with Crippen molar-refractivity contribution in [1.82, 2.24) is 5.32 Å². The van der Waals surface area contributed by atoms with Crippen molar-refractivity contribution in [3.05, 3.63) is 28.2 Å². The van der Waals surface area contributed by atoms with Gasteiger partial charge in [0.25, 0.3) is 0 Å². The first-order valence-electron chi connectivity index (χ1n) is 5.49. The Hall–Kier alpha value is -0.540. The first-order valence-corrected chi connectivity index (χ1v) is 6.28. The predicted molar refractivity (Wildman–Crippen MR) is 68.6 cm³/mol. The summed E-state index contributed by atoms with van der Waals surface area (Å²) in [4.78, 5) is 2.45. The van der Waals surface area contributed by atoms with E-state index in [0.29, 0.717) is 0 Å². The number of hydrogen-bond donors (Lipinski definition) is 1. The third-order valence-electron chi connectivity index (χ3n) is 2.86. The average molecular weight is 269 g/mol. The van der Waals surface area contributed by atoms with Crippen molar-refractivity contribution in [2.75, 3.05) is 31.1 Å². The molecule has 0 unspecified atom stereocenters. The summed E-state index contributed by atoms with van der Waals surface area (Å²) in [5.74, 6) is 0. The van der Waals surface area contributed by atoms with Gasteiger partial charge in [-0.15, -0.1) is 0 Å². The lowest BCUT2D eigenvalue weighted by atomic mass is 10.2. The molecule has 0 spiro atoms. The molecule has 0 bridgehead atoms. The molecule has 1 aliphatic rings. The Bertz CT molecular complexity index is 330. The molecule has 0 aliphatic carbocycles. The van der Waals surface area contributed by atoms with E-state index in [1.165, 1.54) is 22.1 Å². The van der Waals surface area contributed by atoms with E-state index >= 15 is 0 Å². The number of hydrogen-bond acceptors (Lipinski definition) is 2. The molecule has 0 amide bonds. The molecule has 1 aromatic rings. The maximum Gasteiger partial charge on any atom is 0.0378 e. The highest BCUT2D eigenvalue weighted by molar-refractivity contribution is 9.10.